The van der Waals surface area contributed by atoms with Crippen molar-refractivity contribution in [2.75, 3.05) is 0 Å². The number of hydrogen-bond donors (Lipinski definition) is 0. The fourth-order valence-corrected chi connectivity index (χ4v) is 3.47. The van der Waals surface area contributed by atoms with E-state index in [9.17, 15) is 4.79 Å². The van der Waals surface area contributed by atoms with Crippen LogP contribution in [-0.2, 0) is 0 Å². The predicted molar refractivity (Wildman–Crippen MR) is 92.5 cm³/mol. The Balaban J connectivity index is 1.96. The second-order valence-electron chi connectivity index (χ2n) is 5.28. The Morgan fingerprint density at radius 1 is 1.00 bits per heavy atom. The van der Waals surface area contributed by atoms with Gasteiger partial charge in [-0.3, -0.25) is 4.79 Å². The number of aromatic nitrogens is 3. The summed E-state index contributed by atoms with van der Waals surface area (Å²) in [6.07, 6.45) is 1.89. The SMILES string of the molecule is Cc1ccccc1-c1nnc2sc(=Cc3ccccc3)c(=O)n12. The molecule has 0 aliphatic heterocycles. The Hall–Kier alpha value is -2.79. The van der Waals surface area contributed by atoms with Gasteiger partial charge in [0, 0.05) is 5.56 Å². The molecule has 0 saturated carbocycles. The lowest BCUT2D eigenvalue weighted by atomic mass is 10.1. The van der Waals surface area contributed by atoms with Crippen LogP contribution in [0, 0.1) is 6.92 Å². The highest BCUT2D eigenvalue weighted by atomic mass is 32.1. The molecule has 0 spiro atoms. The highest BCUT2D eigenvalue weighted by Gasteiger charge is 2.15. The molecule has 0 unspecified atom stereocenters. The van der Waals surface area contributed by atoms with E-state index in [1.807, 2.05) is 67.6 Å². The second kappa shape index (κ2) is 5.44. The first kappa shape index (κ1) is 13.8. The summed E-state index contributed by atoms with van der Waals surface area (Å²) >= 11 is 1.36. The third-order valence-corrected chi connectivity index (χ3v) is 4.69. The number of thiazole rings is 1. The normalized spacial score (nSPS) is 12.1. The Kier molecular flexibility index (Phi) is 3.28. The highest BCUT2D eigenvalue weighted by molar-refractivity contribution is 7.15. The van der Waals surface area contributed by atoms with Gasteiger partial charge in [0.25, 0.3) is 5.56 Å². The molecule has 0 radical (unpaired) electrons. The van der Waals surface area contributed by atoms with Crippen LogP contribution in [0.4, 0.5) is 0 Å². The van der Waals surface area contributed by atoms with Crippen molar-refractivity contribution in [1.29, 1.82) is 0 Å². The monoisotopic (exact) mass is 319 g/mol. The van der Waals surface area contributed by atoms with Crippen molar-refractivity contribution in [2.24, 2.45) is 0 Å². The first-order chi connectivity index (χ1) is 11.2. The van der Waals surface area contributed by atoms with Crippen molar-refractivity contribution in [3.8, 4) is 11.4 Å². The molecule has 0 fully saturated rings. The van der Waals surface area contributed by atoms with Crippen LogP contribution in [0.5, 0.6) is 0 Å². The minimum absolute atomic E-state index is 0.0721. The first-order valence-electron chi connectivity index (χ1n) is 7.25. The molecule has 4 rings (SSSR count). The lowest BCUT2D eigenvalue weighted by Gasteiger charge is -2.00. The molecule has 2 aromatic heterocycles. The molecule has 0 aliphatic carbocycles. The van der Waals surface area contributed by atoms with Gasteiger partial charge >= 0.3 is 0 Å². The predicted octanol–water partition coefficient (Wildman–Crippen LogP) is 2.67. The molecule has 5 heteroatoms. The van der Waals surface area contributed by atoms with E-state index in [0.29, 0.717) is 15.3 Å². The van der Waals surface area contributed by atoms with Crippen molar-refractivity contribution in [3.63, 3.8) is 0 Å². The van der Waals surface area contributed by atoms with Gasteiger partial charge in [-0.25, -0.2) is 4.40 Å². The molecule has 4 nitrogen and oxygen atoms in total. The molecule has 4 aromatic rings. The molecule has 0 bridgehead atoms. The lowest BCUT2D eigenvalue weighted by molar-refractivity contribution is 1.09. The van der Waals surface area contributed by atoms with Gasteiger partial charge in [-0.15, -0.1) is 10.2 Å². The van der Waals surface area contributed by atoms with Gasteiger partial charge in [0.1, 0.15) is 0 Å². The molecule has 2 aromatic carbocycles. The third kappa shape index (κ3) is 2.35. The zero-order valence-electron chi connectivity index (χ0n) is 12.4. The van der Waals surface area contributed by atoms with Crippen LogP contribution in [0.2, 0.25) is 0 Å². The van der Waals surface area contributed by atoms with Crippen LogP contribution >= 0.6 is 11.3 Å². The number of rotatable bonds is 2. The minimum atomic E-state index is -0.0721. The summed E-state index contributed by atoms with van der Waals surface area (Å²) in [5.74, 6) is 0.604. The number of nitrogens with zero attached hydrogens (tertiary/aromatic N) is 3. The number of fused-ring (bicyclic) bond motifs is 1. The molecule has 0 amide bonds. The zero-order valence-corrected chi connectivity index (χ0v) is 13.2. The van der Waals surface area contributed by atoms with Crippen LogP contribution in [0.1, 0.15) is 11.1 Å². The average Bonchev–Trinajstić information content (AvgIpc) is 3.10. The summed E-state index contributed by atoms with van der Waals surface area (Å²) < 4.78 is 2.26. The smallest absolute Gasteiger partial charge is 0.267 e. The van der Waals surface area contributed by atoms with E-state index in [0.717, 1.165) is 16.7 Å². The van der Waals surface area contributed by atoms with Crippen LogP contribution in [0.25, 0.3) is 22.4 Å². The van der Waals surface area contributed by atoms with E-state index in [-0.39, 0.29) is 5.56 Å². The minimum Gasteiger partial charge on any atom is -0.267 e. The van der Waals surface area contributed by atoms with Gasteiger partial charge in [0.2, 0.25) is 4.96 Å². The Morgan fingerprint density at radius 3 is 2.52 bits per heavy atom. The quantitative estimate of drug-likeness (QED) is 0.571. The summed E-state index contributed by atoms with van der Waals surface area (Å²) in [5.41, 5.74) is 2.93. The maximum atomic E-state index is 12.8. The van der Waals surface area contributed by atoms with Crippen LogP contribution < -0.4 is 10.1 Å². The summed E-state index contributed by atoms with van der Waals surface area (Å²) in [6, 6.07) is 17.7. The summed E-state index contributed by atoms with van der Waals surface area (Å²) in [7, 11) is 0. The molecule has 0 atom stereocenters. The van der Waals surface area contributed by atoms with E-state index in [1.54, 1.807) is 4.40 Å². The van der Waals surface area contributed by atoms with Gasteiger partial charge in [0.05, 0.1) is 4.53 Å². The lowest BCUT2D eigenvalue weighted by Crippen LogP contribution is -2.23. The van der Waals surface area contributed by atoms with Crippen LogP contribution in [0.15, 0.2) is 59.4 Å². The number of aryl methyl sites for hydroxylation is 1. The van der Waals surface area contributed by atoms with E-state index in [2.05, 4.69) is 10.2 Å². The largest absolute Gasteiger partial charge is 0.276 e. The third-order valence-electron chi connectivity index (χ3n) is 3.73. The fraction of sp³-hybridized carbons (Fsp3) is 0.0556. The molecule has 112 valence electrons. The maximum Gasteiger partial charge on any atom is 0.276 e. The summed E-state index contributed by atoms with van der Waals surface area (Å²) in [5, 5.41) is 8.38. The van der Waals surface area contributed by atoms with Gasteiger partial charge in [-0.2, -0.15) is 0 Å². The molecular weight excluding hydrogens is 306 g/mol. The van der Waals surface area contributed by atoms with Crippen molar-refractivity contribution >= 4 is 22.4 Å². The summed E-state index contributed by atoms with van der Waals surface area (Å²) in [6.45, 7) is 2.00. The first-order valence-corrected chi connectivity index (χ1v) is 8.06. The highest BCUT2D eigenvalue weighted by Crippen LogP contribution is 2.21. The molecule has 0 saturated heterocycles. The van der Waals surface area contributed by atoms with Crippen molar-refractivity contribution in [2.45, 2.75) is 6.92 Å². The van der Waals surface area contributed by atoms with E-state index >= 15 is 0 Å². The standard InChI is InChI=1S/C18H13N3OS/c1-12-7-5-6-10-14(12)16-19-20-18-21(16)17(22)15(23-18)11-13-8-3-2-4-9-13/h2-11H,1H3. The second-order valence-corrected chi connectivity index (χ2v) is 6.29. The molecule has 0 aliphatic rings. The van der Waals surface area contributed by atoms with Crippen LogP contribution in [0.3, 0.4) is 0 Å². The molecule has 23 heavy (non-hydrogen) atoms. The van der Waals surface area contributed by atoms with E-state index in [4.69, 9.17) is 0 Å². The molecule has 0 N–H and O–H groups in total. The number of hydrogen-bond acceptors (Lipinski definition) is 4. The Labute approximate surface area is 136 Å². The van der Waals surface area contributed by atoms with E-state index in [1.165, 1.54) is 11.3 Å². The zero-order chi connectivity index (χ0) is 15.8. The average molecular weight is 319 g/mol. The van der Waals surface area contributed by atoms with Gasteiger partial charge in [-0.1, -0.05) is 65.9 Å². The summed E-state index contributed by atoms with van der Waals surface area (Å²) in [4.78, 5) is 13.4. The van der Waals surface area contributed by atoms with E-state index < -0.39 is 0 Å². The molecular formula is C18H13N3OS. The Bertz CT molecular complexity index is 1100. The maximum absolute atomic E-state index is 12.8. The van der Waals surface area contributed by atoms with Gasteiger partial charge < -0.3 is 0 Å². The van der Waals surface area contributed by atoms with Gasteiger partial charge in [0.15, 0.2) is 5.82 Å². The Morgan fingerprint density at radius 2 is 1.74 bits per heavy atom. The van der Waals surface area contributed by atoms with Crippen molar-refractivity contribution in [3.05, 3.63) is 80.6 Å². The van der Waals surface area contributed by atoms with Crippen molar-refractivity contribution in [1.82, 2.24) is 14.6 Å². The van der Waals surface area contributed by atoms with Crippen LogP contribution in [-0.4, -0.2) is 14.6 Å². The molecule has 2 heterocycles. The fourth-order valence-electron chi connectivity index (χ4n) is 2.56. The van der Waals surface area contributed by atoms with Gasteiger partial charge in [-0.05, 0) is 24.1 Å². The topological polar surface area (TPSA) is 47.3 Å². The number of benzene rings is 2. The van der Waals surface area contributed by atoms with Crippen molar-refractivity contribution < 1.29 is 0 Å².